The minimum absolute atomic E-state index is 0.00471. The van der Waals surface area contributed by atoms with Gasteiger partial charge in [-0.05, 0) is 149 Å². The summed E-state index contributed by atoms with van der Waals surface area (Å²) in [5.41, 5.74) is -0.411. The van der Waals surface area contributed by atoms with Crippen molar-refractivity contribution in [1.29, 1.82) is 0 Å². The van der Waals surface area contributed by atoms with E-state index in [1.165, 1.54) is 96.3 Å². The van der Waals surface area contributed by atoms with E-state index in [1.54, 1.807) is 0 Å². The lowest BCUT2D eigenvalue weighted by Crippen LogP contribution is -2.73. The normalized spacial score (nSPS) is 42.0. The molecule has 11 atom stereocenters. The molecule has 5 heteroatoms. The summed E-state index contributed by atoms with van der Waals surface area (Å²) in [6.07, 6.45) is 25.8. The molecule has 6 rings (SSSR count). The molecular weight excluding hydrogens is 645 g/mol. The molecule has 0 saturated heterocycles. The molecule has 0 aromatic heterocycles. The molecule has 6 saturated carbocycles. The van der Waals surface area contributed by atoms with Gasteiger partial charge >= 0.3 is 0 Å². The van der Waals surface area contributed by atoms with Crippen LogP contribution in [0.25, 0.3) is 0 Å². The molecule has 0 aromatic rings. The van der Waals surface area contributed by atoms with Crippen molar-refractivity contribution in [3.63, 3.8) is 0 Å². The van der Waals surface area contributed by atoms with Crippen molar-refractivity contribution in [3.05, 3.63) is 5.92 Å². The second-order valence-electron chi connectivity index (χ2n) is 20.4. The summed E-state index contributed by atoms with van der Waals surface area (Å²) in [6.45, 7) is 24.9. The maximum atomic E-state index is 7.68. The van der Waals surface area contributed by atoms with E-state index in [0.717, 1.165) is 45.3 Å². The first-order valence-electron chi connectivity index (χ1n) is 22.9. The van der Waals surface area contributed by atoms with Crippen molar-refractivity contribution in [2.75, 3.05) is 13.2 Å². The van der Waals surface area contributed by atoms with Gasteiger partial charge in [0.25, 0.3) is 0 Å². The zero-order chi connectivity index (χ0) is 37.4. The van der Waals surface area contributed by atoms with Gasteiger partial charge < -0.3 is 23.7 Å². The number of hydrogen-bond acceptors (Lipinski definition) is 5. The quantitative estimate of drug-likeness (QED) is 0.132. The van der Waals surface area contributed by atoms with E-state index < -0.39 is 0 Å². The number of hydrogen-bond donors (Lipinski definition) is 0. The van der Waals surface area contributed by atoms with E-state index in [4.69, 9.17) is 23.7 Å². The first-order valence-corrected chi connectivity index (χ1v) is 22.9. The van der Waals surface area contributed by atoms with Gasteiger partial charge in [0.1, 0.15) is 0 Å². The van der Waals surface area contributed by atoms with Crippen molar-refractivity contribution in [3.8, 4) is 0 Å². The summed E-state index contributed by atoms with van der Waals surface area (Å²) in [7, 11) is 0. The summed E-state index contributed by atoms with van der Waals surface area (Å²) >= 11 is 0. The molecule has 5 nitrogen and oxygen atoms in total. The Hall–Kier alpha value is -0.200. The van der Waals surface area contributed by atoms with Crippen LogP contribution in [-0.4, -0.2) is 61.5 Å². The second kappa shape index (κ2) is 16.7. The molecule has 6 aliphatic carbocycles. The van der Waals surface area contributed by atoms with Crippen molar-refractivity contribution < 1.29 is 23.7 Å². The van der Waals surface area contributed by atoms with Gasteiger partial charge in [-0.25, -0.2) is 0 Å². The number of ether oxygens (including phenoxy) is 5. The zero-order valence-electron chi connectivity index (χ0n) is 35.8. The smallest absolute Gasteiger partial charge is 0.0650 e. The largest absolute Gasteiger partial charge is 0.378 e. The molecule has 0 spiro atoms. The van der Waals surface area contributed by atoms with Crippen molar-refractivity contribution in [1.82, 2.24) is 0 Å². The van der Waals surface area contributed by atoms with E-state index in [9.17, 15) is 0 Å². The fourth-order valence-electron chi connectivity index (χ4n) is 14.1. The van der Waals surface area contributed by atoms with Crippen LogP contribution < -0.4 is 0 Å². The number of unbranched alkanes of at least 4 members (excludes halogenated alkanes) is 1. The molecule has 0 N–H and O–H groups in total. The SMILES string of the molecule is CCCCOC1CCCC1(C1CCCC1OC(C)C)C1(C2(C3([C]4CC4)CCCC3OC(C)(C)C)CCCC2OC(C)CC)CCCC1OCC(C)C. The zero-order valence-corrected chi connectivity index (χ0v) is 35.8. The van der Waals surface area contributed by atoms with E-state index in [1.807, 2.05) is 5.92 Å². The summed E-state index contributed by atoms with van der Waals surface area (Å²) in [5.74, 6) is 2.80. The van der Waals surface area contributed by atoms with Crippen LogP contribution in [0.2, 0.25) is 0 Å². The Kier molecular flexibility index (Phi) is 13.3. The molecule has 52 heavy (non-hydrogen) atoms. The van der Waals surface area contributed by atoms with E-state index in [-0.39, 0.29) is 70.0 Å². The van der Waals surface area contributed by atoms with Crippen LogP contribution in [0.3, 0.4) is 0 Å². The lowest BCUT2D eigenvalue weighted by Gasteiger charge is -2.70. The molecule has 1 radical (unpaired) electrons. The van der Waals surface area contributed by atoms with Gasteiger partial charge in [-0.2, -0.15) is 0 Å². The maximum Gasteiger partial charge on any atom is 0.0650 e. The summed E-state index contributed by atoms with van der Waals surface area (Å²) in [6, 6.07) is 0. The fraction of sp³-hybridized carbons (Fsp3) is 0.979. The minimum atomic E-state index is -0.197. The van der Waals surface area contributed by atoms with E-state index in [0.29, 0.717) is 11.8 Å². The van der Waals surface area contributed by atoms with Gasteiger partial charge in [0.15, 0.2) is 0 Å². The van der Waals surface area contributed by atoms with Crippen molar-refractivity contribution >= 4 is 0 Å². The molecular formula is C47H83O5. The fourth-order valence-corrected chi connectivity index (χ4v) is 14.1. The molecule has 11 unspecified atom stereocenters. The predicted octanol–water partition coefficient (Wildman–Crippen LogP) is 12.2. The third kappa shape index (κ3) is 7.15. The van der Waals surface area contributed by atoms with Crippen LogP contribution in [0.1, 0.15) is 198 Å². The molecule has 0 aromatic carbocycles. The molecule has 0 aliphatic heterocycles. The Bertz CT molecular complexity index is 1130. The van der Waals surface area contributed by atoms with Gasteiger partial charge in [0, 0.05) is 34.9 Å². The maximum absolute atomic E-state index is 7.68. The highest BCUT2D eigenvalue weighted by molar-refractivity contribution is 5.36. The Morgan fingerprint density at radius 1 is 0.673 bits per heavy atom. The van der Waals surface area contributed by atoms with Gasteiger partial charge in [0.2, 0.25) is 0 Å². The Balaban J connectivity index is 1.68. The average molecular weight is 728 g/mol. The lowest BCUT2D eigenvalue weighted by atomic mass is 9.35. The lowest BCUT2D eigenvalue weighted by molar-refractivity contribution is -0.305. The predicted molar refractivity (Wildman–Crippen MR) is 213 cm³/mol. The highest BCUT2D eigenvalue weighted by Gasteiger charge is 2.82. The Labute approximate surface area is 321 Å². The van der Waals surface area contributed by atoms with Crippen molar-refractivity contribution in [2.45, 2.75) is 246 Å². The highest BCUT2D eigenvalue weighted by atomic mass is 16.5. The molecule has 0 bridgehead atoms. The molecule has 0 amide bonds. The van der Waals surface area contributed by atoms with Crippen LogP contribution in [0.4, 0.5) is 0 Å². The van der Waals surface area contributed by atoms with Gasteiger partial charge in [0.05, 0.1) is 48.3 Å². The van der Waals surface area contributed by atoms with Crippen LogP contribution >= 0.6 is 0 Å². The summed E-state index contributed by atoms with van der Waals surface area (Å²) < 4.78 is 37.4. The first-order chi connectivity index (χ1) is 24.8. The first kappa shape index (κ1) is 41.4. The third-order valence-electron chi connectivity index (χ3n) is 15.4. The second-order valence-corrected chi connectivity index (χ2v) is 20.4. The van der Waals surface area contributed by atoms with Crippen LogP contribution in [0.15, 0.2) is 0 Å². The topological polar surface area (TPSA) is 46.2 Å². The minimum Gasteiger partial charge on any atom is -0.378 e. The van der Waals surface area contributed by atoms with Crippen LogP contribution in [0.5, 0.6) is 0 Å². The van der Waals surface area contributed by atoms with E-state index >= 15 is 0 Å². The average Bonchev–Trinajstić information content (AvgIpc) is 3.53. The Morgan fingerprint density at radius 3 is 1.98 bits per heavy atom. The summed E-state index contributed by atoms with van der Waals surface area (Å²) in [4.78, 5) is 0. The molecule has 0 heterocycles. The van der Waals surface area contributed by atoms with E-state index in [2.05, 4.69) is 69.2 Å². The third-order valence-corrected chi connectivity index (χ3v) is 15.4. The van der Waals surface area contributed by atoms with Crippen molar-refractivity contribution in [2.24, 2.45) is 33.5 Å². The molecule has 6 fully saturated rings. The standard InChI is InChI=1S/C47H83O5/c1-11-13-31-48-39-21-15-28-45(39,37-19-14-20-38(37)50-34(5)6)46(29-17-23-41(46)49-32-33(3)4)47(30-18-24-42(47)51-35(7)12-2)44(36-25-26-36)27-16-22-40(44)52-43(8,9)10/h33-35,37-42H,11-32H2,1-10H3. The van der Waals surface area contributed by atoms with Crippen LogP contribution in [0, 0.1) is 39.4 Å². The molecule has 6 aliphatic rings. The Morgan fingerprint density at radius 2 is 1.33 bits per heavy atom. The monoisotopic (exact) mass is 728 g/mol. The summed E-state index contributed by atoms with van der Waals surface area (Å²) in [5, 5.41) is 0. The van der Waals surface area contributed by atoms with Gasteiger partial charge in [-0.3, -0.25) is 0 Å². The van der Waals surface area contributed by atoms with Gasteiger partial charge in [-0.1, -0.05) is 66.2 Å². The van der Waals surface area contributed by atoms with Gasteiger partial charge in [-0.15, -0.1) is 0 Å². The number of rotatable bonds is 18. The highest BCUT2D eigenvalue weighted by Crippen LogP contribution is 2.83. The molecule has 301 valence electrons. The van der Waals surface area contributed by atoms with Crippen LogP contribution in [-0.2, 0) is 23.7 Å².